The molecule has 21 heavy (non-hydrogen) atoms. The predicted octanol–water partition coefficient (Wildman–Crippen LogP) is 4.22. The minimum atomic E-state index is -0.910. The summed E-state index contributed by atoms with van der Waals surface area (Å²) in [5.74, 6) is -0.776. The van der Waals surface area contributed by atoms with Gasteiger partial charge in [0.25, 0.3) is 0 Å². The lowest BCUT2D eigenvalue weighted by molar-refractivity contribution is 0.147. The largest absolute Gasteiger partial charge is 0.388 e. The second kappa shape index (κ2) is 6.75. The van der Waals surface area contributed by atoms with Crippen molar-refractivity contribution >= 4 is 23.2 Å². The Morgan fingerprint density at radius 3 is 2.33 bits per heavy atom. The van der Waals surface area contributed by atoms with Crippen LogP contribution in [0.1, 0.15) is 28.7 Å². The molecule has 5 heteroatoms. The Morgan fingerprint density at radius 1 is 1.19 bits per heavy atom. The second-order valence-electron chi connectivity index (χ2n) is 4.93. The van der Waals surface area contributed by atoms with E-state index in [2.05, 4.69) is 0 Å². The van der Waals surface area contributed by atoms with E-state index in [1.165, 1.54) is 6.07 Å². The first kappa shape index (κ1) is 16.2. The van der Waals surface area contributed by atoms with Crippen LogP contribution in [-0.4, -0.2) is 11.7 Å². The maximum atomic E-state index is 13.3. The SMILES string of the molecule is Cc1cc(C(O)C(CN)c2c(Cl)cccc2Cl)ccc1F. The molecular weight excluding hydrogens is 312 g/mol. The molecule has 0 radical (unpaired) electrons. The number of hydrogen-bond donors (Lipinski definition) is 2. The molecule has 112 valence electrons. The minimum absolute atomic E-state index is 0.168. The van der Waals surface area contributed by atoms with Crippen molar-refractivity contribution in [3.05, 3.63) is 69.0 Å². The number of hydrogen-bond acceptors (Lipinski definition) is 2. The molecule has 0 heterocycles. The average molecular weight is 328 g/mol. The fraction of sp³-hybridized carbons (Fsp3) is 0.250. The zero-order chi connectivity index (χ0) is 15.6. The number of halogens is 3. The molecule has 3 N–H and O–H groups in total. The van der Waals surface area contributed by atoms with Crippen molar-refractivity contribution in [2.75, 3.05) is 6.54 Å². The van der Waals surface area contributed by atoms with Crippen LogP contribution in [0.3, 0.4) is 0 Å². The summed E-state index contributed by atoms with van der Waals surface area (Å²) >= 11 is 12.4. The molecule has 0 aromatic heterocycles. The predicted molar refractivity (Wildman–Crippen MR) is 84.4 cm³/mol. The molecule has 2 nitrogen and oxygen atoms in total. The van der Waals surface area contributed by atoms with Gasteiger partial charge in [-0.2, -0.15) is 0 Å². The van der Waals surface area contributed by atoms with Gasteiger partial charge in [-0.3, -0.25) is 0 Å². The molecule has 2 atom stereocenters. The first-order valence-electron chi connectivity index (χ1n) is 6.53. The lowest BCUT2D eigenvalue weighted by atomic mass is 9.88. The van der Waals surface area contributed by atoms with Gasteiger partial charge in [0.05, 0.1) is 6.10 Å². The van der Waals surface area contributed by atoms with Gasteiger partial charge >= 0.3 is 0 Å². The van der Waals surface area contributed by atoms with E-state index < -0.39 is 12.0 Å². The zero-order valence-electron chi connectivity index (χ0n) is 11.5. The third kappa shape index (κ3) is 3.38. The maximum absolute atomic E-state index is 13.3. The van der Waals surface area contributed by atoms with Crippen molar-refractivity contribution in [3.8, 4) is 0 Å². The Kier molecular flexibility index (Phi) is 5.22. The summed E-state index contributed by atoms with van der Waals surface area (Å²) in [6.07, 6.45) is -0.910. The third-order valence-electron chi connectivity index (χ3n) is 3.53. The smallest absolute Gasteiger partial charge is 0.126 e. The van der Waals surface area contributed by atoms with Crippen molar-refractivity contribution < 1.29 is 9.50 Å². The number of aliphatic hydroxyl groups is 1. The topological polar surface area (TPSA) is 46.2 Å². The highest BCUT2D eigenvalue weighted by molar-refractivity contribution is 6.36. The van der Waals surface area contributed by atoms with E-state index in [1.807, 2.05) is 0 Å². The van der Waals surface area contributed by atoms with Crippen molar-refractivity contribution in [1.29, 1.82) is 0 Å². The molecule has 0 spiro atoms. The number of aryl methyl sites for hydroxylation is 1. The molecule has 0 fully saturated rings. The zero-order valence-corrected chi connectivity index (χ0v) is 13.0. The van der Waals surface area contributed by atoms with Gasteiger partial charge in [-0.25, -0.2) is 4.39 Å². The van der Waals surface area contributed by atoms with Crippen LogP contribution in [0.25, 0.3) is 0 Å². The molecule has 2 aromatic carbocycles. The van der Waals surface area contributed by atoms with E-state index in [1.54, 1.807) is 37.3 Å². The van der Waals surface area contributed by atoms with E-state index >= 15 is 0 Å². The van der Waals surface area contributed by atoms with Crippen LogP contribution < -0.4 is 5.73 Å². The van der Waals surface area contributed by atoms with Gasteiger partial charge < -0.3 is 10.8 Å². The number of benzene rings is 2. The molecule has 0 aliphatic rings. The lowest BCUT2D eigenvalue weighted by Crippen LogP contribution is -2.21. The summed E-state index contributed by atoms with van der Waals surface area (Å²) in [7, 11) is 0. The molecule has 0 amide bonds. The molecule has 0 saturated heterocycles. The average Bonchev–Trinajstić information content (AvgIpc) is 2.45. The van der Waals surface area contributed by atoms with E-state index in [4.69, 9.17) is 28.9 Å². The van der Waals surface area contributed by atoms with Crippen LogP contribution in [0.15, 0.2) is 36.4 Å². The van der Waals surface area contributed by atoms with E-state index in [0.29, 0.717) is 26.7 Å². The van der Waals surface area contributed by atoms with Crippen LogP contribution in [0.2, 0.25) is 10.0 Å². The van der Waals surface area contributed by atoms with E-state index in [-0.39, 0.29) is 12.4 Å². The van der Waals surface area contributed by atoms with Crippen LogP contribution in [0.4, 0.5) is 4.39 Å². The minimum Gasteiger partial charge on any atom is -0.388 e. The quantitative estimate of drug-likeness (QED) is 0.883. The van der Waals surface area contributed by atoms with Crippen LogP contribution >= 0.6 is 23.2 Å². The number of aliphatic hydroxyl groups excluding tert-OH is 1. The van der Waals surface area contributed by atoms with Gasteiger partial charge in [-0.1, -0.05) is 41.4 Å². The van der Waals surface area contributed by atoms with Crippen LogP contribution in [-0.2, 0) is 0 Å². The summed E-state index contributed by atoms with van der Waals surface area (Å²) < 4.78 is 13.3. The molecule has 2 aromatic rings. The van der Waals surface area contributed by atoms with Crippen LogP contribution in [0.5, 0.6) is 0 Å². The number of rotatable bonds is 4. The highest BCUT2D eigenvalue weighted by Crippen LogP contribution is 2.38. The third-order valence-corrected chi connectivity index (χ3v) is 4.19. The van der Waals surface area contributed by atoms with Gasteiger partial charge in [0.1, 0.15) is 5.82 Å². The molecule has 2 unspecified atom stereocenters. The van der Waals surface area contributed by atoms with Gasteiger partial charge in [0.2, 0.25) is 0 Å². The lowest BCUT2D eigenvalue weighted by Gasteiger charge is -2.24. The van der Waals surface area contributed by atoms with E-state index in [0.717, 1.165) is 0 Å². The molecule has 2 rings (SSSR count). The fourth-order valence-electron chi connectivity index (χ4n) is 2.35. The first-order chi connectivity index (χ1) is 9.95. The Morgan fingerprint density at radius 2 is 1.81 bits per heavy atom. The molecule has 0 aliphatic carbocycles. The van der Waals surface area contributed by atoms with Crippen molar-refractivity contribution in [3.63, 3.8) is 0 Å². The van der Waals surface area contributed by atoms with Crippen molar-refractivity contribution in [2.24, 2.45) is 5.73 Å². The molecule has 0 saturated carbocycles. The summed E-state index contributed by atoms with van der Waals surface area (Å²) in [4.78, 5) is 0. The van der Waals surface area contributed by atoms with Gasteiger partial charge in [-0.15, -0.1) is 0 Å². The highest BCUT2D eigenvalue weighted by atomic mass is 35.5. The Labute approximate surface area is 133 Å². The molecule has 0 bridgehead atoms. The van der Waals surface area contributed by atoms with E-state index in [9.17, 15) is 9.50 Å². The standard InChI is InChI=1S/C16H16Cl2FNO/c1-9-7-10(5-6-14(9)19)16(21)11(8-20)15-12(17)3-2-4-13(15)18/h2-7,11,16,21H,8,20H2,1H3. The fourth-order valence-corrected chi connectivity index (χ4v) is 3.03. The normalized spacial score (nSPS) is 14.0. The Bertz CT molecular complexity index is 628. The first-order valence-corrected chi connectivity index (χ1v) is 7.29. The Balaban J connectivity index is 2.43. The van der Waals surface area contributed by atoms with Gasteiger partial charge in [0.15, 0.2) is 0 Å². The molecule has 0 aliphatic heterocycles. The Hall–Kier alpha value is -1.13. The van der Waals surface area contributed by atoms with Crippen molar-refractivity contribution in [2.45, 2.75) is 18.9 Å². The molecular formula is C16H16Cl2FNO. The summed E-state index contributed by atoms with van der Waals surface area (Å²) in [5, 5.41) is 11.5. The highest BCUT2D eigenvalue weighted by Gasteiger charge is 2.26. The van der Waals surface area contributed by atoms with Crippen LogP contribution in [0, 0.1) is 12.7 Å². The monoisotopic (exact) mass is 327 g/mol. The second-order valence-corrected chi connectivity index (χ2v) is 5.75. The summed E-state index contributed by atoms with van der Waals surface area (Å²) in [5.41, 5.74) is 7.46. The van der Waals surface area contributed by atoms with Gasteiger partial charge in [0, 0.05) is 22.5 Å². The van der Waals surface area contributed by atoms with Crippen molar-refractivity contribution in [1.82, 2.24) is 0 Å². The number of nitrogens with two attached hydrogens (primary N) is 1. The summed E-state index contributed by atoms with van der Waals surface area (Å²) in [6.45, 7) is 1.81. The maximum Gasteiger partial charge on any atom is 0.126 e. The van der Waals surface area contributed by atoms with Gasteiger partial charge in [-0.05, 0) is 41.8 Å². The summed E-state index contributed by atoms with van der Waals surface area (Å²) in [6, 6.07) is 9.61.